The number of aliphatic hydroxyl groups is 1. The van der Waals surface area contributed by atoms with Gasteiger partial charge >= 0.3 is 0 Å². The zero-order valence-electron chi connectivity index (χ0n) is 11.6. The lowest BCUT2D eigenvalue weighted by Gasteiger charge is -2.42. The number of halogens is 1. The molecule has 0 radical (unpaired) electrons. The second kappa shape index (κ2) is 5.57. The summed E-state index contributed by atoms with van der Waals surface area (Å²) in [4.78, 5) is 2.10. The first-order valence-electron chi connectivity index (χ1n) is 6.87. The van der Waals surface area contributed by atoms with Crippen molar-refractivity contribution in [2.45, 2.75) is 44.4 Å². The molecule has 106 valence electrons. The highest BCUT2D eigenvalue weighted by Crippen LogP contribution is 2.31. The summed E-state index contributed by atoms with van der Waals surface area (Å²) in [6.07, 6.45) is 1.69. The fourth-order valence-electron chi connectivity index (χ4n) is 3.02. The molecule has 0 aliphatic carbocycles. The van der Waals surface area contributed by atoms with Gasteiger partial charge in [0.2, 0.25) is 0 Å². The summed E-state index contributed by atoms with van der Waals surface area (Å²) < 4.78 is 14.0. The third kappa shape index (κ3) is 3.32. The molecule has 3 unspecified atom stereocenters. The topological polar surface area (TPSA) is 49.5 Å². The van der Waals surface area contributed by atoms with Gasteiger partial charge in [-0.15, -0.1) is 0 Å². The summed E-state index contributed by atoms with van der Waals surface area (Å²) >= 11 is 0. The summed E-state index contributed by atoms with van der Waals surface area (Å²) in [7, 11) is 0. The Morgan fingerprint density at radius 1 is 1.42 bits per heavy atom. The van der Waals surface area contributed by atoms with Crippen molar-refractivity contribution in [2.24, 2.45) is 5.73 Å². The lowest BCUT2D eigenvalue weighted by atomic mass is 9.90. The number of benzene rings is 1. The number of rotatable bonds is 3. The van der Waals surface area contributed by atoms with E-state index in [1.165, 1.54) is 6.07 Å². The summed E-state index contributed by atoms with van der Waals surface area (Å²) in [6.45, 7) is 5.10. The van der Waals surface area contributed by atoms with Crippen LogP contribution >= 0.6 is 0 Å². The van der Waals surface area contributed by atoms with E-state index in [1.54, 1.807) is 12.1 Å². The minimum atomic E-state index is -0.712. The average Bonchev–Trinajstić information content (AvgIpc) is 2.30. The van der Waals surface area contributed by atoms with E-state index in [4.69, 9.17) is 5.73 Å². The van der Waals surface area contributed by atoms with Gasteiger partial charge < -0.3 is 10.8 Å². The molecule has 1 heterocycles. The van der Waals surface area contributed by atoms with Crippen molar-refractivity contribution in [3.05, 3.63) is 35.6 Å². The van der Waals surface area contributed by atoms with Gasteiger partial charge in [-0.25, -0.2) is 4.39 Å². The molecule has 1 fully saturated rings. The predicted molar refractivity (Wildman–Crippen MR) is 74.2 cm³/mol. The lowest BCUT2D eigenvalue weighted by molar-refractivity contribution is -0.0338. The van der Waals surface area contributed by atoms with Crippen LogP contribution in [0.3, 0.4) is 0 Å². The molecule has 0 amide bonds. The maximum Gasteiger partial charge on any atom is 0.128 e. The fourth-order valence-corrected chi connectivity index (χ4v) is 3.02. The molecule has 1 saturated heterocycles. The fraction of sp³-hybridized carbons (Fsp3) is 0.600. The van der Waals surface area contributed by atoms with Crippen LogP contribution in [0.25, 0.3) is 0 Å². The molecule has 4 heteroatoms. The average molecular weight is 266 g/mol. The lowest BCUT2D eigenvalue weighted by Crippen LogP contribution is -2.51. The van der Waals surface area contributed by atoms with E-state index < -0.39 is 5.60 Å². The Morgan fingerprint density at radius 3 is 2.68 bits per heavy atom. The zero-order chi connectivity index (χ0) is 14.0. The van der Waals surface area contributed by atoms with Crippen molar-refractivity contribution >= 4 is 0 Å². The second-order valence-electron chi connectivity index (χ2n) is 5.90. The highest BCUT2D eigenvalue weighted by atomic mass is 19.1. The molecule has 1 aliphatic heterocycles. The van der Waals surface area contributed by atoms with Crippen LogP contribution in [-0.2, 0) is 0 Å². The zero-order valence-corrected chi connectivity index (χ0v) is 11.6. The van der Waals surface area contributed by atoms with Gasteiger partial charge in [-0.3, -0.25) is 4.90 Å². The van der Waals surface area contributed by atoms with Gasteiger partial charge in [-0.2, -0.15) is 0 Å². The molecule has 3 atom stereocenters. The van der Waals surface area contributed by atoms with Crippen LogP contribution in [0.2, 0.25) is 0 Å². The number of β-amino-alcohol motifs (C(OH)–C–C–N with tert-alkyl or cyclic N) is 1. The molecule has 1 aromatic carbocycles. The van der Waals surface area contributed by atoms with Crippen LogP contribution in [0.1, 0.15) is 38.3 Å². The van der Waals surface area contributed by atoms with Crippen molar-refractivity contribution in [3.63, 3.8) is 0 Å². The maximum atomic E-state index is 14.0. The number of piperidine rings is 1. The van der Waals surface area contributed by atoms with Crippen LogP contribution in [-0.4, -0.2) is 34.7 Å². The number of hydrogen-bond donors (Lipinski definition) is 2. The van der Waals surface area contributed by atoms with E-state index in [9.17, 15) is 9.50 Å². The Balaban J connectivity index is 2.28. The summed E-state index contributed by atoms with van der Waals surface area (Å²) in [6, 6.07) is 6.39. The van der Waals surface area contributed by atoms with Crippen LogP contribution < -0.4 is 5.73 Å². The molecule has 1 aliphatic rings. The Kier molecular flexibility index (Phi) is 4.23. The van der Waals surface area contributed by atoms with Crippen molar-refractivity contribution in [3.8, 4) is 0 Å². The van der Waals surface area contributed by atoms with E-state index in [1.807, 2.05) is 19.9 Å². The minimum absolute atomic E-state index is 0.187. The van der Waals surface area contributed by atoms with Crippen molar-refractivity contribution < 1.29 is 9.50 Å². The molecule has 3 nitrogen and oxygen atoms in total. The van der Waals surface area contributed by atoms with E-state index >= 15 is 0 Å². The van der Waals surface area contributed by atoms with Crippen molar-refractivity contribution in [1.29, 1.82) is 0 Å². The van der Waals surface area contributed by atoms with E-state index in [0.29, 0.717) is 12.1 Å². The van der Waals surface area contributed by atoms with E-state index in [2.05, 4.69) is 4.90 Å². The monoisotopic (exact) mass is 266 g/mol. The van der Waals surface area contributed by atoms with Gasteiger partial charge in [0.1, 0.15) is 5.82 Å². The molecule has 3 N–H and O–H groups in total. The quantitative estimate of drug-likeness (QED) is 0.880. The molecule has 19 heavy (non-hydrogen) atoms. The third-order valence-electron chi connectivity index (χ3n) is 3.82. The molecular formula is C15H23FN2O. The molecule has 0 spiro atoms. The van der Waals surface area contributed by atoms with Gasteiger partial charge in [-0.1, -0.05) is 18.2 Å². The Labute approximate surface area is 114 Å². The van der Waals surface area contributed by atoms with Gasteiger partial charge in [-0.05, 0) is 39.3 Å². The first kappa shape index (κ1) is 14.4. The van der Waals surface area contributed by atoms with Gasteiger partial charge in [0, 0.05) is 18.2 Å². The SMILES string of the molecule is CC(N)C(c1ccccc1F)N1CCCC(C)(O)C1. The molecule has 0 aromatic heterocycles. The Morgan fingerprint density at radius 2 is 2.11 bits per heavy atom. The largest absolute Gasteiger partial charge is 0.389 e. The van der Waals surface area contributed by atoms with Gasteiger partial charge in [0.15, 0.2) is 0 Å². The van der Waals surface area contributed by atoms with E-state index in [0.717, 1.165) is 19.4 Å². The predicted octanol–water partition coefficient (Wildman–Crippen LogP) is 2.06. The number of nitrogens with zero attached hydrogens (tertiary/aromatic N) is 1. The maximum absolute atomic E-state index is 14.0. The van der Waals surface area contributed by atoms with Crippen LogP contribution in [0.15, 0.2) is 24.3 Å². The molecule has 0 bridgehead atoms. The minimum Gasteiger partial charge on any atom is -0.389 e. The third-order valence-corrected chi connectivity index (χ3v) is 3.82. The standard InChI is InChI=1S/C15H23FN2O/c1-11(17)14(12-6-3-4-7-13(12)16)18-9-5-8-15(2,19)10-18/h3-4,6-7,11,14,19H,5,8-10,17H2,1-2H3. The molecule has 1 aromatic rings. The molecular weight excluding hydrogens is 243 g/mol. The molecule has 2 rings (SSSR count). The van der Waals surface area contributed by atoms with Crippen LogP contribution in [0.4, 0.5) is 4.39 Å². The Hall–Kier alpha value is -0.970. The number of likely N-dealkylation sites (tertiary alicyclic amines) is 1. The second-order valence-corrected chi connectivity index (χ2v) is 5.90. The van der Waals surface area contributed by atoms with Crippen molar-refractivity contribution in [1.82, 2.24) is 4.90 Å². The van der Waals surface area contributed by atoms with Crippen molar-refractivity contribution in [2.75, 3.05) is 13.1 Å². The number of nitrogens with two attached hydrogens (primary N) is 1. The van der Waals surface area contributed by atoms with E-state index in [-0.39, 0.29) is 17.9 Å². The molecule has 0 saturated carbocycles. The van der Waals surface area contributed by atoms with Gasteiger partial charge in [0.05, 0.1) is 11.6 Å². The number of hydrogen-bond acceptors (Lipinski definition) is 3. The summed E-state index contributed by atoms with van der Waals surface area (Å²) in [5, 5.41) is 10.2. The highest BCUT2D eigenvalue weighted by Gasteiger charge is 2.35. The highest BCUT2D eigenvalue weighted by molar-refractivity contribution is 5.23. The smallest absolute Gasteiger partial charge is 0.128 e. The Bertz CT molecular complexity index is 434. The van der Waals surface area contributed by atoms with Crippen LogP contribution in [0.5, 0.6) is 0 Å². The van der Waals surface area contributed by atoms with Gasteiger partial charge in [0.25, 0.3) is 0 Å². The first-order valence-corrected chi connectivity index (χ1v) is 6.87. The summed E-state index contributed by atoms with van der Waals surface area (Å²) in [5.41, 5.74) is 5.98. The summed E-state index contributed by atoms with van der Waals surface area (Å²) in [5.74, 6) is -0.227. The first-order chi connectivity index (χ1) is 8.91. The van der Waals surface area contributed by atoms with Crippen LogP contribution in [0, 0.1) is 5.82 Å². The normalized spacial score (nSPS) is 28.1.